The van der Waals surface area contributed by atoms with Gasteiger partial charge in [0, 0.05) is 6.08 Å². The number of rotatable bonds is 5. The van der Waals surface area contributed by atoms with E-state index in [2.05, 4.69) is 0 Å². The molecule has 2 rings (SSSR count). The molecule has 6 nitrogen and oxygen atoms in total. The zero-order chi connectivity index (χ0) is 15.5. The van der Waals surface area contributed by atoms with Crippen LogP contribution in [0.5, 0.6) is 11.5 Å². The molecule has 0 spiro atoms. The summed E-state index contributed by atoms with van der Waals surface area (Å²) in [4.78, 5) is 10.5. The Balaban J connectivity index is 2.20. The van der Waals surface area contributed by atoms with Gasteiger partial charge in [-0.15, -0.1) is 0 Å². The van der Waals surface area contributed by atoms with Crippen molar-refractivity contribution in [3.05, 3.63) is 29.8 Å². The molecule has 1 aromatic rings. The van der Waals surface area contributed by atoms with Gasteiger partial charge in [-0.05, 0) is 30.2 Å². The zero-order valence-corrected chi connectivity index (χ0v) is 12.3. The maximum atomic E-state index is 11.4. The van der Waals surface area contributed by atoms with Crippen LogP contribution in [0.25, 0.3) is 6.08 Å². The first kappa shape index (κ1) is 15.4. The zero-order valence-electron chi connectivity index (χ0n) is 11.5. The van der Waals surface area contributed by atoms with Gasteiger partial charge in [-0.3, -0.25) is 0 Å². The van der Waals surface area contributed by atoms with Gasteiger partial charge in [0.15, 0.2) is 21.3 Å². The van der Waals surface area contributed by atoms with E-state index in [0.717, 1.165) is 6.08 Å². The Morgan fingerprint density at radius 3 is 2.71 bits per heavy atom. The van der Waals surface area contributed by atoms with E-state index in [9.17, 15) is 13.2 Å². The molecule has 1 heterocycles. The Morgan fingerprint density at radius 1 is 1.38 bits per heavy atom. The van der Waals surface area contributed by atoms with E-state index in [1.807, 2.05) is 0 Å². The molecule has 0 radical (unpaired) electrons. The molecule has 1 unspecified atom stereocenters. The van der Waals surface area contributed by atoms with Gasteiger partial charge in [0.1, 0.15) is 6.10 Å². The smallest absolute Gasteiger partial charge is 0.328 e. The normalized spacial score (nSPS) is 20.5. The average Bonchev–Trinajstić information content (AvgIpc) is 2.76. The lowest BCUT2D eigenvalue weighted by atomic mass is 10.2. The lowest BCUT2D eigenvalue weighted by Crippen LogP contribution is -2.18. The first-order valence-corrected chi connectivity index (χ1v) is 8.18. The highest BCUT2D eigenvalue weighted by Gasteiger charge is 2.30. The largest absolute Gasteiger partial charge is 0.493 e. The maximum Gasteiger partial charge on any atom is 0.328 e. The number of sulfone groups is 1. The molecule has 0 saturated carbocycles. The minimum Gasteiger partial charge on any atom is -0.493 e. The van der Waals surface area contributed by atoms with Crippen LogP contribution in [0.4, 0.5) is 0 Å². The van der Waals surface area contributed by atoms with Gasteiger partial charge in [-0.1, -0.05) is 6.07 Å². The van der Waals surface area contributed by atoms with Gasteiger partial charge in [0.05, 0.1) is 18.6 Å². The summed E-state index contributed by atoms with van der Waals surface area (Å²) in [5, 5.41) is 8.62. The van der Waals surface area contributed by atoms with Crippen molar-refractivity contribution in [1.82, 2.24) is 0 Å². The Morgan fingerprint density at radius 2 is 2.14 bits per heavy atom. The van der Waals surface area contributed by atoms with Crippen LogP contribution < -0.4 is 9.47 Å². The first-order chi connectivity index (χ1) is 9.89. The van der Waals surface area contributed by atoms with Crippen molar-refractivity contribution in [3.63, 3.8) is 0 Å². The highest BCUT2D eigenvalue weighted by Crippen LogP contribution is 2.31. The Kier molecular flexibility index (Phi) is 4.52. The van der Waals surface area contributed by atoms with Gasteiger partial charge in [-0.25, -0.2) is 13.2 Å². The molecule has 1 fully saturated rings. The van der Waals surface area contributed by atoms with Gasteiger partial charge < -0.3 is 14.6 Å². The third kappa shape index (κ3) is 4.22. The van der Waals surface area contributed by atoms with Crippen LogP contribution >= 0.6 is 0 Å². The molecule has 7 heteroatoms. The van der Waals surface area contributed by atoms with Crippen LogP contribution in [-0.4, -0.2) is 44.2 Å². The van der Waals surface area contributed by atoms with Crippen molar-refractivity contribution < 1.29 is 27.8 Å². The van der Waals surface area contributed by atoms with Crippen molar-refractivity contribution in [2.45, 2.75) is 12.5 Å². The van der Waals surface area contributed by atoms with Gasteiger partial charge in [0.25, 0.3) is 0 Å². The standard InChI is InChI=1S/C14H16O6S/c1-19-12-4-2-10(3-5-14(15)16)8-13(12)20-11-6-7-21(17,18)9-11/h2-5,8,11H,6-7,9H2,1H3,(H,15,16)/b5-3+. The van der Waals surface area contributed by atoms with E-state index in [4.69, 9.17) is 14.6 Å². The van der Waals surface area contributed by atoms with Crippen LogP contribution in [0.15, 0.2) is 24.3 Å². The number of hydrogen-bond donors (Lipinski definition) is 1. The van der Waals surface area contributed by atoms with Gasteiger partial charge >= 0.3 is 5.97 Å². The maximum absolute atomic E-state index is 11.4. The molecule has 0 amide bonds. The monoisotopic (exact) mass is 312 g/mol. The SMILES string of the molecule is COc1ccc(/C=C/C(=O)O)cc1OC1CCS(=O)(=O)C1. The molecule has 0 aliphatic carbocycles. The van der Waals surface area contributed by atoms with Gasteiger partial charge in [-0.2, -0.15) is 0 Å². The van der Waals surface area contributed by atoms with E-state index in [1.54, 1.807) is 18.2 Å². The first-order valence-electron chi connectivity index (χ1n) is 6.36. The Hall–Kier alpha value is -2.02. The van der Waals surface area contributed by atoms with Crippen LogP contribution in [0, 0.1) is 0 Å². The molecule has 114 valence electrons. The average molecular weight is 312 g/mol. The molecule has 21 heavy (non-hydrogen) atoms. The predicted molar refractivity (Wildman–Crippen MR) is 77.4 cm³/mol. The van der Waals surface area contributed by atoms with Crippen molar-refractivity contribution in [1.29, 1.82) is 0 Å². The number of methoxy groups -OCH3 is 1. The number of hydrogen-bond acceptors (Lipinski definition) is 5. The number of carbonyl (C=O) groups is 1. The fraction of sp³-hybridized carbons (Fsp3) is 0.357. The van der Waals surface area contributed by atoms with E-state index in [0.29, 0.717) is 23.5 Å². The second-order valence-electron chi connectivity index (χ2n) is 4.72. The number of aliphatic carboxylic acids is 1. The summed E-state index contributed by atoms with van der Waals surface area (Å²) in [7, 11) is -1.54. The van der Waals surface area contributed by atoms with Gasteiger partial charge in [0.2, 0.25) is 0 Å². The number of carboxylic acids is 1. The highest BCUT2D eigenvalue weighted by atomic mass is 32.2. The number of ether oxygens (including phenoxy) is 2. The summed E-state index contributed by atoms with van der Waals surface area (Å²) in [6, 6.07) is 4.97. The molecule has 1 aromatic carbocycles. The second kappa shape index (κ2) is 6.17. The quantitative estimate of drug-likeness (QED) is 0.826. The third-order valence-corrected chi connectivity index (χ3v) is 4.83. The van der Waals surface area contributed by atoms with E-state index in [-0.39, 0.29) is 11.5 Å². The molecule has 1 aliphatic heterocycles. The number of carboxylic acid groups (broad SMARTS) is 1. The summed E-state index contributed by atoms with van der Waals surface area (Å²) >= 11 is 0. The Bertz CT molecular complexity index is 662. The molecule has 1 saturated heterocycles. The van der Waals surface area contributed by atoms with Crippen molar-refractivity contribution in [3.8, 4) is 11.5 Å². The summed E-state index contributed by atoms with van der Waals surface area (Å²) in [6.45, 7) is 0. The fourth-order valence-electron chi connectivity index (χ4n) is 2.09. The molecule has 0 aromatic heterocycles. The van der Waals surface area contributed by atoms with Crippen LogP contribution in [0.1, 0.15) is 12.0 Å². The van der Waals surface area contributed by atoms with Crippen molar-refractivity contribution in [2.24, 2.45) is 0 Å². The summed E-state index contributed by atoms with van der Waals surface area (Å²) in [6.07, 6.45) is 2.49. The predicted octanol–water partition coefficient (Wildman–Crippen LogP) is 1.36. The molecular weight excluding hydrogens is 296 g/mol. The minimum absolute atomic E-state index is 0.00858. The third-order valence-electron chi connectivity index (χ3n) is 3.09. The second-order valence-corrected chi connectivity index (χ2v) is 6.95. The van der Waals surface area contributed by atoms with E-state index < -0.39 is 21.9 Å². The fourth-order valence-corrected chi connectivity index (χ4v) is 3.68. The molecular formula is C14H16O6S. The van der Waals surface area contributed by atoms with E-state index >= 15 is 0 Å². The molecule has 0 bridgehead atoms. The number of benzene rings is 1. The van der Waals surface area contributed by atoms with E-state index in [1.165, 1.54) is 13.2 Å². The van der Waals surface area contributed by atoms with Crippen LogP contribution in [0.2, 0.25) is 0 Å². The van der Waals surface area contributed by atoms with Crippen molar-refractivity contribution in [2.75, 3.05) is 18.6 Å². The van der Waals surface area contributed by atoms with Crippen LogP contribution in [0.3, 0.4) is 0 Å². The molecule has 1 N–H and O–H groups in total. The topological polar surface area (TPSA) is 89.9 Å². The summed E-state index contributed by atoms with van der Waals surface area (Å²) in [5.74, 6) is -0.0432. The molecule has 1 atom stereocenters. The molecule has 1 aliphatic rings. The lowest BCUT2D eigenvalue weighted by molar-refractivity contribution is -0.131. The summed E-state index contributed by atoms with van der Waals surface area (Å²) in [5.41, 5.74) is 0.633. The lowest BCUT2D eigenvalue weighted by Gasteiger charge is -2.15. The highest BCUT2D eigenvalue weighted by molar-refractivity contribution is 7.91. The van der Waals surface area contributed by atoms with Crippen molar-refractivity contribution >= 4 is 21.9 Å². The van der Waals surface area contributed by atoms with Crippen LogP contribution in [-0.2, 0) is 14.6 Å². The summed E-state index contributed by atoms with van der Waals surface area (Å²) < 4.78 is 33.8. The Labute approximate surface area is 122 Å². The minimum atomic E-state index is -3.02.